The van der Waals surface area contributed by atoms with Gasteiger partial charge in [0.25, 0.3) is 0 Å². The molecule has 1 heterocycles. The number of carboxylic acid groups (broad SMARTS) is 1. The van der Waals surface area contributed by atoms with Crippen LogP contribution in [0.2, 0.25) is 0 Å². The number of amides is 2. The number of carbonyl (C=O) groups excluding carboxylic acids is 1. The predicted octanol–water partition coefficient (Wildman–Crippen LogP) is 1.44. The lowest BCUT2D eigenvalue weighted by atomic mass is 9.99. The van der Waals surface area contributed by atoms with Gasteiger partial charge >= 0.3 is 12.0 Å². The number of urea groups is 1. The molecule has 3 atom stereocenters. The smallest absolute Gasteiger partial charge is 0.320 e. The highest BCUT2D eigenvalue weighted by Gasteiger charge is 2.38. The van der Waals surface area contributed by atoms with Gasteiger partial charge in [-0.25, -0.2) is 4.79 Å². The lowest BCUT2D eigenvalue weighted by Gasteiger charge is -2.29. The highest BCUT2D eigenvalue weighted by Crippen LogP contribution is 2.24. The van der Waals surface area contributed by atoms with Gasteiger partial charge in [-0.3, -0.25) is 4.79 Å². The van der Waals surface area contributed by atoms with Crippen molar-refractivity contribution in [1.82, 2.24) is 9.80 Å². The third-order valence-corrected chi connectivity index (χ3v) is 4.39. The number of carbonyl (C=O) groups is 2. The zero-order valence-electron chi connectivity index (χ0n) is 11.4. The molecule has 5 nitrogen and oxygen atoms in total. The molecule has 0 bridgehead atoms. The second kappa shape index (κ2) is 6.31. The number of hydrogen-bond acceptors (Lipinski definition) is 3. The van der Waals surface area contributed by atoms with Gasteiger partial charge in [0.2, 0.25) is 0 Å². The normalized spacial score (nSPS) is 25.0. The van der Waals surface area contributed by atoms with Gasteiger partial charge in [0.05, 0.1) is 5.92 Å². The van der Waals surface area contributed by atoms with Crippen molar-refractivity contribution in [3.8, 4) is 0 Å². The number of thioether (sulfide) groups is 1. The third kappa shape index (κ3) is 3.31. The summed E-state index contributed by atoms with van der Waals surface area (Å²) in [6.45, 7) is 4.75. The molecule has 18 heavy (non-hydrogen) atoms. The van der Waals surface area contributed by atoms with Crippen LogP contribution in [0.4, 0.5) is 4.79 Å². The first-order valence-corrected chi connectivity index (χ1v) is 7.51. The summed E-state index contributed by atoms with van der Waals surface area (Å²) in [5.41, 5.74) is 0. The zero-order chi connectivity index (χ0) is 13.9. The Bertz CT molecular complexity index is 324. The Morgan fingerprint density at radius 3 is 2.56 bits per heavy atom. The first kappa shape index (κ1) is 15.1. The van der Waals surface area contributed by atoms with Crippen LogP contribution in [0, 0.1) is 11.8 Å². The average Bonchev–Trinajstić information content (AvgIpc) is 2.69. The van der Waals surface area contributed by atoms with E-state index in [1.165, 1.54) is 0 Å². The van der Waals surface area contributed by atoms with Crippen LogP contribution < -0.4 is 0 Å². The first-order valence-electron chi connectivity index (χ1n) is 6.12. The molecule has 1 rings (SSSR count). The molecule has 1 aliphatic heterocycles. The number of likely N-dealkylation sites (tertiary alicyclic amines) is 1. The van der Waals surface area contributed by atoms with E-state index in [4.69, 9.17) is 5.11 Å². The summed E-state index contributed by atoms with van der Waals surface area (Å²) >= 11 is 1.70. The van der Waals surface area contributed by atoms with Gasteiger partial charge in [-0.2, -0.15) is 11.8 Å². The van der Waals surface area contributed by atoms with E-state index in [2.05, 4.69) is 0 Å². The molecule has 104 valence electrons. The number of nitrogens with zero attached hydrogens (tertiary/aromatic N) is 2. The average molecular weight is 274 g/mol. The maximum Gasteiger partial charge on any atom is 0.320 e. The van der Waals surface area contributed by atoms with Crippen molar-refractivity contribution in [3.63, 3.8) is 0 Å². The molecule has 1 saturated heterocycles. The van der Waals surface area contributed by atoms with Crippen molar-refractivity contribution in [1.29, 1.82) is 0 Å². The quantitative estimate of drug-likeness (QED) is 0.842. The van der Waals surface area contributed by atoms with Crippen molar-refractivity contribution in [3.05, 3.63) is 0 Å². The molecular weight excluding hydrogens is 252 g/mol. The Balaban J connectivity index is 2.61. The van der Waals surface area contributed by atoms with Gasteiger partial charge in [-0.05, 0) is 19.1 Å². The number of hydrogen-bond donors (Lipinski definition) is 1. The molecule has 0 aromatic heterocycles. The molecule has 2 amide bonds. The summed E-state index contributed by atoms with van der Waals surface area (Å²) in [5.74, 6) is -0.333. The van der Waals surface area contributed by atoms with E-state index in [1.807, 2.05) is 20.1 Å². The molecule has 0 aromatic rings. The maximum absolute atomic E-state index is 12.2. The van der Waals surface area contributed by atoms with Gasteiger partial charge in [-0.1, -0.05) is 6.92 Å². The van der Waals surface area contributed by atoms with Gasteiger partial charge in [0, 0.05) is 31.9 Å². The van der Waals surface area contributed by atoms with Crippen LogP contribution in [-0.2, 0) is 4.79 Å². The Labute approximate surface area is 113 Å². The van der Waals surface area contributed by atoms with Crippen molar-refractivity contribution < 1.29 is 14.7 Å². The largest absolute Gasteiger partial charge is 0.481 e. The van der Waals surface area contributed by atoms with Crippen molar-refractivity contribution in [2.45, 2.75) is 19.9 Å². The Morgan fingerprint density at radius 1 is 1.50 bits per heavy atom. The van der Waals surface area contributed by atoms with Gasteiger partial charge in [-0.15, -0.1) is 0 Å². The van der Waals surface area contributed by atoms with Gasteiger partial charge < -0.3 is 14.9 Å². The molecule has 0 spiro atoms. The zero-order valence-corrected chi connectivity index (χ0v) is 12.2. The van der Waals surface area contributed by atoms with E-state index >= 15 is 0 Å². The summed E-state index contributed by atoms with van der Waals surface area (Å²) in [4.78, 5) is 26.6. The topological polar surface area (TPSA) is 60.9 Å². The highest BCUT2D eigenvalue weighted by molar-refractivity contribution is 7.98. The number of carboxylic acids is 1. The highest BCUT2D eigenvalue weighted by atomic mass is 32.2. The number of aliphatic carboxylic acids is 1. The lowest BCUT2D eigenvalue weighted by molar-refractivity contribution is -0.142. The lowest BCUT2D eigenvalue weighted by Crippen LogP contribution is -2.45. The molecule has 1 N–H and O–H groups in total. The van der Waals surface area contributed by atoms with Crippen LogP contribution in [0.1, 0.15) is 13.8 Å². The van der Waals surface area contributed by atoms with E-state index in [9.17, 15) is 9.59 Å². The summed E-state index contributed by atoms with van der Waals surface area (Å²) in [7, 11) is 1.78. The van der Waals surface area contributed by atoms with Crippen molar-refractivity contribution in [2.75, 3.05) is 32.1 Å². The van der Waals surface area contributed by atoms with Crippen molar-refractivity contribution >= 4 is 23.8 Å². The van der Waals surface area contributed by atoms with Crippen molar-refractivity contribution in [2.24, 2.45) is 11.8 Å². The minimum atomic E-state index is -0.808. The summed E-state index contributed by atoms with van der Waals surface area (Å²) in [6.07, 6.45) is 2.01. The third-order valence-electron chi connectivity index (χ3n) is 3.57. The number of rotatable bonds is 4. The Morgan fingerprint density at radius 2 is 2.11 bits per heavy atom. The van der Waals surface area contributed by atoms with Crippen LogP contribution in [0.5, 0.6) is 0 Å². The van der Waals surface area contributed by atoms with Crippen LogP contribution in [0.3, 0.4) is 0 Å². The van der Waals surface area contributed by atoms with E-state index in [0.29, 0.717) is 13.1 Å². The molecule has 1 fully saturated rings. The van der Waals surface area contributed by atoms with Gasteiger partial charge in [0.1, 0.15) is 0 Å². The second-order valence-electron chi connectivity index (χ2n) is 5.02. The van der Waals surface area contributed by atoms with E-state index in [0.717, 1.165) is 5.75 Å². The fraction of sp³-hybridized carbons (Fsp3) is 0.833. The molecule has 0 aromatic carbocycles. The molecule has 0 radical (unpaired) electrons. The van der Waals surface area contributed by atoms with E-state index < -0.39 is 11.9 Å². The maximum atomic E-state index is 12.2. The van der Waals surface area contributed by atoms with Gasteiger partial charge in [0.15, 0.2) is 0 Å². The molecule has 0 aliphatic carbocycles. The first-order chi connectivity index (χ1) is 8.38. The molecule has 0 saturated carbocycles. The summed E-state index contributed by atoms with van der Waals surface area (Å²) in [5, 5.41) is 9.06. The second-order valence-corrected chi connectivity index (χ2v) is 5.94. The summed E-state index contributed by atoms with van der Waals surface area (Å²) < 4.78 is 0. The Hall–Kier alpha value is -0.910. The van der Waals surface area contributed by atoms with Crippen LogP contribution in [0.15, 0.2) is 0 Å². The fourth-order valence-corrected chi connectivity index (χ4v) is 2.92. The minimum absolute atomic E-state index is 0.0238. The standard InChI is InChI=1S/C12H22N2O3S/c1-8-5-14(6-10(8)11(15)16)12(17)13(3)9(2)7-18-4/h8-10H,5-7H2,1-4H3,(H,15,16). The molecule has 6 heteroatoms. The van der Waals surface area contributed by atoms with E-state index in [1.54, 1.807) is 28.6 Å². The fourth-order valence-electron chi connectivity index (χ4n) is 2.21. The SMILES string of the molecule is CSCC(C)N(C)C(=O)N1CC(C)C(C(=O)O)C1. The molecule has 1 aliphatic rings. The monoisotopic (exact) mass is 274 g/mol. The summed E-state index contributed by atoms with van der Waals surface area (Å²) in [6, 6.07) is 0.0961. The van der Waals surface area contributed by atoms with Crippen LogP contribution >= 0.6 is 11.8 Å². The Kier molecular flexibility index (Phi) is 5.31. The molecular formula is C12H22N2O3S. The minimum Gasteiger partial charge on any atom is -0.481 e. The molecule has 3 unspecified atom stereocenters. The predicted molar refractivity (Wildman–Crippen MR) is 72.9 cm³/mol. The van der Waals surface area contributed by atoms with Crippen LogP contribution in [-0.4, -0.2) is 65.1 Å². The van der Waals surface area contributed by atoms with Crippen LogP contribution in [0.25, 0.3) is 0 Å². The van der Waals surface area contributed by atoms with E-state index in [-0.39, 0.29) is 18.0 Å².